The van der Waals surface area contributed by atoms with E-state index in [-0.39, 0.29) is 6.61 Å². The number of hydrogen-bond acceptors (Lipinski definition) is 7. The van der Waals surface area contributed by atoms with E-state index >= 15 is 0 Å². The molecule has 7 heteroatoms. The molecule has 0 spiro atoms. The van der Waals surface area contributed by atoms with Crippen LogP contribution in [0.1, 0.15) is 11.3 Å². The number of carbonyl (C=O) groups is 1. The molecule has 0 unspecified atom stereocenters. The van der Waals surface area contributed by atoms with E-state index in [2.05, 4.69) is 10.3 Å². The molecule has 2 rings (SSSR count). The second-order valence-corrected chi connectivity index (χ2v) is 5.19. The summed E-state index contributed by atoms with van der Waals surface area (Å²) in [5, 5.41) is 13.5. The summed E-state index contributed by atoms with van der Waals surface area (Å²) in [6.45, 7) is 0.568. The Morgan fingerprint density at radius 1 is 1.48 bits per heavy atom. The van der Waals surface area contributed by atoms with Crippen LogP contribution in [0.2, 0.25) is 0 Å². The van der Waals surface area contributed by atoms with Crippen LogP contribution in [0.5, 0.6) is 0 Å². The number of hydrogen-bond donors (Lipinski definition) is 1. The lowest BCUT2D eigenvalue weighted by Crippen LogP contribution is -2.13. The van der Waals surface area contributed by atoms with Crippen LogP contribution in [0.3, 0.4) is 0 Å². The zero-order chi connectivity index (χ0) is 16.3. The van der Waals surface area contributed by atoms with Gasteiger partial charge in [0.25, 0.3) is 0 Å². The molecule has 2 aromatic rings. The van der Waals surface area contributed by atoms with Gasteiger partial charge in [0.2, 0.25) is 0 Å². The lowest BCUT2D eigenvalue weighted by molar-refractivity contribution is -0.137. The summed E-state index contributed by atoms with van der Waals surface area (Å²) in [5.41, 5.74) is 0.452. The number of aromatic nitrogens is 1. The number of nitriles is 1. The zero-order valence-corrected chi connectivity index (χ0v) is 13.1. The van der Waals surface area contributed by atoms with Gasteiger partial charge in [-0.3, -0.25) is 0 Å². The van der Waals surface area contributed by atoms with Gasteiger partial charge in [0.05, 0.1) is 24.1 Å². The summed E-state index contributed by atoms with van der Waals surface area (Å²) < 4.78 is 10.2. The van der Waals surface area contributed by atoms with Crippen molar-refractivity contribution in [3.63, 3.8) is 0 Å². The lowest BCUT2D eigenvalue weighted by Gasteiger charge is -2.06. The average molecular weight is 329 g/mol. The van der Waals surface area contributed by atoms with E-state index in [1.165, 1.54) is 17.8 Å². The third-order valence-corrected chi connectivity index (χ3v) is 3.45. The van der Waals surface area contributed by atoms with Gasteiger partial charge < -0.3 is 14.5 Å². The molecule has 0 fully saturated rings. The van der Waals surface area contributed by atoms with Crippen molar-refractivity contribution in [3.05, 3.63) is 59.5 Å². The molecule has 0 aromatic carbocycles. The molecular weight excluding hydrogens is 314 g/mol. The Hall–Kier alpha value is -2.72. The standard InChI is InChI=1S/C16H15N3O3S/c17-11-13-3-1-6-18-16(13)19-7-9-22-15(20)5-10-23-12-14-4-2-8-21-14/h1-6,8,10H,7,9,12H2,(H,18,19)/b10-5+. The number of rotatable bonds is 8. The molecule has 0 radical (unpaired) electrons. The molecule has 0 amide bonds. The smallest absolute Gasteiger partial charge is 0.331 e. The third-order valence-electron chi connectivity index (χ3n) is 2.67. The predicted octanol–water partition coefficient (Wildman–Crippen LogP) is 2.95. The maximum Gasteiger partial charge on any atom is 0.331 e. The quantitative estimate of drug-likeness (QED) is 0.452. The highest BCUT2D eigenvalue weighted by Gasteiger charge is 2.02. The molecule has 23 heavy (non-hydrogen) atoms. The summed E-state index contributed by atoms with van der Waals surface area (Å²) >= 11 is 1.44. The Balaban J connectivity index is 1.62. The van der Waals surface area contributed by atoms with Gasteiger partial charge in [0.1, 0.15) is 24.3 Å². The summed E-state index contributed by atoms with van der Waals surface area (Å²) in [7, 11) is 0. The highest BCUT2D eigenvalue weighted by atomic mass is 32.2. The van der Waals surface area contributed by atoms with E-state index < -0.39 is 5.97 Å². The van der Waals surface area contributed by atoms with Gasteiger partial charge in [-0.15, -0.1) is 11.8 Å². The Bertz CT molecular complexity index is 693. The summed E-state index contributed by atoms with van der Waals surface area (Å²) in [4.78, 5) is 15.5. The maximum atomic E-state index is 11.5. The molecule has 0 saturated carbocycles. The number of furan rings is 1. The van der Waals surface area contributed by atoms with E-state index in [0.29, 0.717) is 23.7 Å². The first kappa shape index (κ1) is 16.6. The number of anilines is 1. The van der Waals surface area contributed by atoms with E-state index in [1.54, 1.807) is 30.0 Å². The van der Waals surface area contributed by atoms with Crippen molar-refractivity contribution in [2.24, 2.45) is 0 Å². The monoisotopic (exact) mass is 329 g/mol. The molecule has 0 bridgehead atoms. The van der Waals surface area contributed by atoms with Gasteiger partial charge in [0, 0.05) is 12.3 Å². The van der Waals surface area contributed by atoms with Crippen molar-refractivity contribution >= 4 is 23.5 Å². The fraction of sp³-hybridized carbons (Fsp3) is 0.188. The second-order valence-electron chi connectivity index (χ2n) is 4.30. The molecule has 0 aliphatic carbocycles. The van der Waals surface area contributed by atoms with Crippen molar-refractivity contribution in [1.29, 1.82) is 5.26 Å². The van der Waals surface area contributed by atoms with Crippen LogP contribution in [0.25, 0.3) is 0 Å². The van der Waals surface area contributed by atoms with Crippen molar-refractivity contribution < 1.29 is 13.9 Å². The first-order valence-corrected chi connectivity index (χ1v) is 7.91. The van der Waals surface area contributed by atoms with E-state index in [1.807, 2.05) is 18.2 Å². The van der Waals surface area contributed by atoms with E-state index in [0.717, 1.165) is 5.76 Å². The first-order chi connectivity index (χ1) is 11.3. The van der Waals surface area contributed by atoms with Gasteiger partial charge >= 0.3 is 5.97 Å². The number of nitrogens with one attached hydrogen (secondary N) is 1. The minimum Gasteiger partial charge on any atom is -0.468 e. The fourth-order valence-electron chi connectivity index (χ4n) is 1.63. The molecule has 0 atom stereocenters. The molecule has 6 nitrogen and oxygen atoms in total. The van der Waals surface area contributed by atoms with Crippen molar-refractivity contribution in [2.45, 2.75) is 5.75 Å². The minimum absolute atomic E-state index is 0.188. The van der Waals surface area contributed by atoms with Crippen LogP contribution in [0, 0.1) is 11.3 Å². The second kappa shape index (κ2) is 9.33. The normalized spacial score (nSPS) is 10.4. The van der Waals surface area contributed by atoms with Crippen molar-refractivity contribution in [2.75, 3.05) is 18.5 Å². The summed E-state index contributed by atoms with van der Waals surface area (Å²) in [6, 6.07) is 9.09. The highest BCUT2D eigenvalue weighted by molar-refractivity contribution is 8.01. The van der Waals surface area contributed by atoms with Gasteiger partial charge in [-0.1, -0.05) is 0 Å². The molecule has 118 valence electrons. The Morgan fingerprint density at radius 2 is 2.39 bits per heavy atom. The number of esters is 1. The molecule has 0 aliphatic rings. The van der Waals surface area contributed by atoms with Gasteiger partial charge in [-0.25, -0.2) is 9.78 Å². The van der Waals surface area contributed by atoms with Gasteiger partial charge in [-0.05, 0) is 29.7 Å². The molecule has 0 saturated heterocycles. The topological polar surface area (TPSA) is 88.1 Å². The molecule has 1 N–H and O–H groups in total. The zero-order valence-electron chi connectivity index (χ0n) is 12.3. The van der Waals surface area contributed by atoms with Crippen LogP contribution < -0.4 is 5.32 Å². The number of thioether (sulfide) groups is 1. The largest absolute Gasteiger partial charge is 0.468 e. The SMILES string of the molecule is N#Cc1cccnc1NCCOC(=O)/C=C/SCc1ccco1. The van der Waals surface area contributed by atoms with Gasteiger partial charge in [-0.2, -0.15) is 5.26 Å². The van der Waals surface area contributed by atoms with Crippen molar-refractivity contribution in [3.8, 4) is 6.07 Å². The number of ether oxygens (including phenoxy) is 1. The van der Waals surface area contributed by atoms with Crippen LogP contribution in [-0.2, 0) is 15.3 Å². The average Bonchev–Trinajstić information content (AvgIpc) is 3.09. The van der Waals surface area contributed by atoms with Crippen molar-refractivity contribution in [1.82, 2.24) is 4.98 Å². The first-order valence-electron chi connectivity index (χ1n) is 6.86. The molecular formula is C16H15N3O3S. The van der Waals surface area contributed by atoms with Crippen LogP contribution in [-0.4, -0.2) is 24.1 Å². The van der Waals surface area contributed by atoms with E-state index in [9.17, 15) is 4.79 Å². The number of carbonyl (C=O) groups excluding carboxylic acids is 1. The Labute approximate surface area is 138 Å². The maximum absolute atomic E-state index is 11.5. The number of pyridine rings is 1. The number of nitrogens with zero attached hydrogens (tertiary/aromatic N) is 2. The fourth-order valence-corrected chi connectivity index (χ4v) is 2.27. The summed E-state index contributed by atoms with van der Waals surface area (Å²) in [6.07, 6.45) is 4.57. The van der Waals surface area contributed by atoms with E-state index in [4.69, 9.17) is 14.4 Å². The molecule has 0 aliphatic heterocycles. The van der Waals surface area contributed by atoms with Gasteiger partial charge in [0.15, 0.2) is 0 Å². The van der Waals surface area contributed by atoms with Crippen LogP contribution >= 0.6 is 11.8 Å². The highest BCUT2D eigenvalue weighted by Crippen LogP contribution is 2.13. The third kappa shape index (κ3) is 5.88. The molecule has 2 heterocycles. The lowest BCUT2D eigenvalue weighted by atomic mass is 10.3. The Kier molecular flexibility index (Phi) is 6.75. The summed E-state index contributed by atoms with van der Waals surface area (Å²) in [5.74, 6) is 1.58. The Morgan fingerprint density at radius 3 is 3.17 bits per heavy atom. The molecule has 2 aromatic heterocycles. The predicted molar refractivity (Wildman–Crippen MR) is 87.5 cm³/mol. The van der Waals surface area contributed by atoms with Crippen LogP contribution in [0.15, 0.2) is 52.6 Å². The minimum atomic E-state index is -0.416. The van der Waals surface area contributed by atoms with Crippen LogP contribution in [0.4, 0.5) is 5.82 Å².